The van der Waals surface area contributed by atoms with Crippen LogP contribution in [0.5, 0.6) is 0 Å². The number of thiazole rings is 1. The van der Waals surface area contributed by atoms with E-state index in [0.29, 0.717) is 30.0 Å². The number of carbonyl (C=O) groups is 1. The van der Waals surface area contributed by atoms with Gasteiger partial charge in [-0.3, -0.25) is 9.78 Å². The number of nitrogens with one attached hydrogen (secondary N) is 2. The van der Waals surface area contributed by atoms with Crippen LogP contribution in [0.4, 0.5) is 5.13 Å². The first-order chi connectivity index (χ1) is 13.6. The predicted octanol–water partition coefficient (Wildman–Crippen LogP) is 3.21. The fourth-order valence-corrected chi connectivity index (χ4v) is 6.37. The number of fused-ring (bicyclic) bond motifs is 2. The van der Waals surface area contributed by atoms with Gasteiger partial charge in [0.15, 0.2) is 5.13 Å². The second kappa shape index (κ2) is 7.12. The Kier molecular flexibility index (Phi) is 4.59. The minimum Gasteiger partial charge on any atom is -0.390 e. The monoisotopic (exact) mass is 398 g/mol. The average molecular weight is 399 g/mol. The van der Waals surface area contributed by atoms with Gasteiger partial charge < -0.3 is 15.7 Å². The van der Waals surface area contributed by atoms with E-state index in [4.69, 9.17) is 0 Å². The lowest BCUT2D eigenvalue weighted by Crippen LogP contribution is -2.42. The van der Waals surface area contributed by atoms with Crippen molar-refractivity contribution < 1.29 is 9.90 Å². The van der Waals surface area contributed by atoms with E-state index in [1.807, 2.05) is 23.7 Å². The minimum absolute atomic E-state index is 0.0936. The number of pyridine rings is 1. The first-order valence-electron chi connectivity index (χ1n) is 10.2. The van der Waals surface area contributed by atoms with Crippen LogP contribution in [0.15, 0.2) is 29.9 Å². The number of rotatable bonds is 5. The zero-order valence-electron chi connectivity index (χ0n) is 15.8. The standard InChI is InChI=1S/C21H26N4O2S/c26-19(18-12-28-20(25-18)23-11-14-2-1-5-22-10-14)24-17-4-3-13-6-15-8-21(27,7-13)9-16(15)17/h1-2,5,10,12-13,15-17,27H,3-4,6-9,11H2,(H,23,25)(H,24,26)/t13?,15?,16?,17-,21-/m0/s1. The van der Waals surface area contributed by atoms with Crippen molar-refractivity contribution in [3.63, 3.8) is 0 Å². The molecule has 3 N–H and O–H groups in total. The van der Waals surface area contributed by atoms with Crippen LogP contribution < -0.4 is 10.6 Å². The molecular formula is C21H26N4O2S. The van der Waals surface area contributed by atoms with Crippen LogP contribution in [0.2, 0.25) is 0 Å². The third-order valence-electron chi connectivity index (χ3n) is 6.79. The van der Waals surface area contributed by atoms with Gasteiger partial charge in [-0.05, 0) is 67.9 Å². The maximum atomic E-state index is 12.8. The third kappa shape index (κ3) is 3.53. The summed E-state index contributed by atoms with van der Waals surface area (Å²) in [7, 11) is 0. The van der Waals surface area contributed by atoms with Crippen LogP contribution in [0, 0.1) is 17.8 Å². The molecule has 5 atom stereocenters. The molecule has 3 bridgehead atoms. The van der Waals surface area contributed by atoms with E-state index in [0.717, 1.165) is 42.8 Å². The van der Waals surface area contributed by atoms with Crippen LogP contribution >= 0.6 is 11.3 Å². The highest BCUT2D eigenvalue weighted by Gasteiger charge is 2.53. The second-order valence-electron chi connectivity index (χ2n) is 8.77. The molecule has 0 radical (unpaired) electrons. The summed E-state index contributed by atoms with van der Waals surface area (Å²) in [5.74, 6) is 1.49. The lowest BCUT2D eigenvalue weighted by Gasteiger charge is -2.33. The van der Waals surface area contributed by atoms with Gasteiger partial charge >= 0.3 is 0 Å². The Morgan fingerprint density at radius 1 is 1.32 bits per heavy atom. The Labute approximate surface area is 168 Å². The maximum absolute atomic E-state index is 12.8. The largest absolute Gasteiger partial charge is 0.390 e. The van der Waals surface area contributed by atoms with Gasteiger partial charge in [0.05, 0.1) is 5.60 Å². The molecule has 6 nitrogen and oxygen atoms in total. The smallest absolute Gasteiger partial charge is 0.271 e. The van der Waals surface area contributed by atoms with Crippen molar-refractivity contribution in [1.82, 2.24) is 15.3 Å². The lowest BCUT2D eigenvalue weighted by atomic mass is 9.77. The normalized spacial score (nSPS) is 33.5. The Hall–Kier alpha value is -1.99. The highest BCUT2D eigenvalue weighted by molar-refractivity contribution is 7.13. The lowest BCUT2D eigenvalue weighted by molar-refractivity contribution is -0.00594. The summed E-state index contributed by atoms with van der Waals surface area (Å²) in [6.45, 7) is 0.634. The molecule has 2 heterocycles. The molecular weight excluding hydrogens is 372 g/mol. The molecule has 1 amide bonds. The molecule has 3 aliphatic rings. The van der Waals surface area contributed by atoms with Crippen molar-refractivity contribution in [3.05, 3.63) is 41.2 Å². The molecule has 2 aromatic rings. The first kappa shape index (κ1) is 18.1. The van der Waals surface area contributed by atoms with Crippen LogP contribution in [0.1, 0.15) is 54.6 Å². The predicted molar refractivity (Wildman–Crippen MR) is 108 cm³/mol. The molecule has 0 aliphatic heterocycles. The number of aliphatic hydroxyl groups is 1. The molecule has 2 aromatic heterocycles. The molecule has 28 heavy (non-hydrogen) atoms. The summed E-state index contributed by atoms with van der Waals surface area (Å²) < 4.78 is 0. The third-order valence-corrected chi connectivity index (χ3v) is 7.59. The summed E-state index contributed by atoms with van der Waals surface area (Å²) in [4.78, 5) is 21.4. The van der Waals surface area contributed by atoms with Crippen molar-refractivity contribution in [2.45, 2.75) is 56.7 Å². The molecule has 7 heteroatoms. The van der Waals surface area contributed by atoms with E-state index in [1.54, 1.807) is 6.20 Å². The van der Waals surface area contributed by atoms with Gasteiger partial charge in [-0.2, -0.15) is 0 Å². The summed E-state index contributed by atoms with van der Waals surface area (Å²) in [5, 5.41) is 19.9. The summed E-state index contributed by atoms with van der Waals surface area (Å²) in [5.41, 5.74) is 1.07. The number of aromatic nitrogens is 2. The number of anilines is 1. The highest BCUT2D eigenvalue weighted by atomic mass is 32.1. The number of carbonyl (C=O) groups excluding carboxylic acids is 1. The van der Waals surface area contributed by atoms with Gasteiger partial charge in [0.25, 0.3) is 5.91 Å². The van der Waals surface area contributed by atoms with Crippen molar-refractivity contribution in [1.29, 1.82) is 0 Å². The molecule has 3 saturated carbocycles. The first-order valence-corrected chi connectivity index (χ1v) is 11.1. The van der Waals surface area contributed by atoms with Crippen molar-refractivity contribution >= 4 is 22.4 Å². The SMILES string of the molecule is O=C(N[C@H]1CCC2CC3C[C@@](O)(C2)CC31)c1csc(NCc2cccnc2)n1. The molecule has 148 valence electrons. The molecule has 3 unspecified atom stereocenters. The number of hydrogen-bond donors (Lipinski definition) is 3. The zero-order valence-corrected chi connectivity index (χ0v) is 16.6. The summed E-state index contributed by atoms with van der Waals surface area (Å²) in [6.07, 6.45) is 9.63. The zero-order chi connectivity index (χ0) is 19.1. The number of hydrogen-bond acceptors (Lipinski definition) is 6. The van der Waals surface area contributed by atoms with Gasteiger partial charge in [0.2, 0.25) is 0 Å². The Balaban J connectivity index is 1.22. The molecule has 3 aliphatic carbocycles. The topological polar surface area (TPSA) is 87.1 Å². The van der Waals surface area contributed by atoms with Crippen LogP contribution in [-0.4, -0.2) is 32.6 Å². The average Bonchev–Trinajstić information content (AvgIpc) is 3.23. The highest BCUT2D eigenvalue weighted by Crippen LogP contribution is 2.55. The van der Waals surface area contributed by atoms with E-state index >= 15 is 0 Å². The van der Waals surface area contributed by atoms with Gasteiger partial charge in [-0.25, -0.2) is 4.98 Å². The van der Waals surface area contributed by atoms with Crippen LogP contribution in [0.3, 0.4) is 0 Å². The molecule has 3 fully saturated rings. The van der Waals surface area contributed by atoms with Crippen LogP contribution in [-0.2, 0) is 6.54 Å². The van der Waals surface area contributed by atoms with Gasteiger partial charge in [0, 0.05) is 30.4 Å². The fraction of sp³-hybridized carbons (Fsp3) is 0.571. The van der Waals surface area contributed by atoms with E-state index < -0.39 is 5.60 Å². The fourth-order valence-electron chi connectivity index (χ4n) is 5.68. The van der Waals surface area contributed by atoms with Crippen molar-refractivity contribution in [2.75, 3.05) is 5.32 Å². The van der Waals surface area contributed by atoms with Crippen LogP contribution in [0.25, 0.3) is 0 Å². The van der Waals surface area contributed by atoms with Crippen molar-refractivity contribution in [3.8, 4) is 0 Å². The Morgan fingerprint density at radius 2 is 2.25 bits per heavy atom. The molecule has 5 rings (SSSR count). The van der Waals surface area contributed by atoms with Gasteiger partial charge in [0.1, 0.15) is 5.69 Å². The van der Waals surface area contributed by atoms with Gasteiger partial charge in [-0.15, -0.1) is 11.3 Å². The Morgan fingerprint density at radius 3 is 3.11 bits per heavy atom. The Bertz CT molecular complexity index is 857. The van der Waals surface area contributed by atoms with E-state index in [1.165, 1.54) is 17.8 Å². The van der Waals surface area contributed by atoms with E-state index in [-0.39, 0.29) is 11.9 Å². The molecule has 0 aromatic carbocycles. The number of nitrogens with zero attached hydrogens (tertiary/aromatic N) is 2. The molecule has 0 saturated heterocycles. The minimum atomic E-state index is -0.480. The summed E-state index contributed by atoms with van der Waals surface area (Å²) in [6, 6.07) is 4.07. The van der Waals surface area contributed by atoms with E-state index in [9.17, 15) is 9.90 Å². The second-order valence-corrected chi connectivity index (χ2v) is 9.63. The summed E-state index contributed by atoms with van der Waals surface area (Å²) >= 11 is 1.45. The maximum Gasteiger partial charge on any atom is 0.271 e. The number of amides is 1. The van der Waals surface area contributed by atoms with Gasteiger partial charge in [-0.1, -0.05) is 6.07 Å². The van der Waals surface area contributed by atoms with E-state index in [2.05, 4.69) is 20.6 Å². The molecule has 0 spiro atoms. The quantitative estimate of drug-likeness (QED) is 0.720. The van der Waals surface area contributed by atoms with Crippen molar-refractivity contribution in [2.24, 2.45) is 17.8 Å².